The monoisotopic (exact) mass is 287 g/mol. The average Bonchev–Trinajstić information content (AvgIpc) is 2.15. The SMILES string of the molecule is CC(C)(C)OC(=O)Nc1ccc(NS(N)(=O)=O)cc1. The molecule has 0 aliphatic heterocycles. The van der Waals surface area contributed by atoms with Gasteiger partial charge in [-0.1, -0.05) is 0 Å². The number of nitrogens with one attached hydrogen (secondary N) is 2. The van der Waals surface area contributed by atoms with Gasteiger partial charge in [-0.2, -0.15) is 8.42 Å². The minimum Gasteiger partial charge on any atom is -0.444 e. The molecule has 1 aromatic rings. The van der Waals surface area contributed by atoms with Crippen LogP contribution >= 0.6 is 0 Å². The van der Waals surface area contributed by atoms with E-state index in [1.807, 2.05) is 0 Å². The zero-order valence-electron chi connectivity index (χ0n) is 10.9. The van der Waals surface area contributed by atoms with Crippen LogP contribution in [0.25, 0.3) is 0 Å². The minimum absolute atomic E-state index is 0.303. The van der Waals surface area contributed by atoms with Crippen LogP contribution in [0.2, 0.25) is 0 Å². The molecule has 1 rings (SSSR count). The second-order valence-corrected chi connectivity index (χ2v) is 6.15. The van der Waals surface area contributed by atoms with Crippen LogP contribution in [0.4, 0.5) is 16.2 Å². The smallest absolute Gasteiger partial charge is 0.412 e. The van der Waals surface area contributed by atoms with Crippen LogP contribution in [0.5, 0.6) is 0 Å². The molecule has 8 heteroatoms. The standard InChI is InChI=1S/C11H17N3O4S/c1-11(2,3)18-10(15)13-8-4-6-9(7-5-8)14-19(12,16)17/h4-7,14H,1-3H3,(H,13,15)(H2,12,16,17). The van der Waals surface area contributed by atoms with Gasteiger partial charge in [0.05, 0.1) is 0 Å². The molecule has 19 heavy (non-hydrogen) atoms. The summed E-state index contributed by atoms with van der Waals surface area (Å²) >= 11 is 0. The molecule has 0 aliphatic carbocycles. The van der Waals surface area contributed by atoms with Crippen LogP contribution in [0, 0.1) is 0 Å². The van der Waals surface area contributed by atoms with Gasteiger partial charge in [0.1, 0.15) is 5.60 Å². The van der Waals surface area contributed by atoms with Crippen LogP contribution in [0.3, 0.4) is 0 Å². The number of hydrogen-bond donors (Lipinski definition) is 3. The van der Waals surface area contributed by atoms with E-state index in [2.05, 4.69) is 10.0 Å². The Hall–Kier alpha value is -1.80. The molecule has 4 N–H and O–H groups in total. The number of anilines is 2. The van der Waals surface area contributed by atoms with Crippen LogP contribution in [0.1, 0.15) is 20.8 Å². The fourth-order valence-corrected chi connectivity index (χ4v) is 1.67. The highest BCUT2D eigenvalue weighted by Crippen LogP contribution is 2.15. The third kappa shape index (κ3) is 6.63. The normalized spacial score (nSPS) is 11.8. The fraction of sp³-hybridized carbons (Fsp3) is 0.364. The molecule has 0 saturated carbocycles. The van der Waals surface area contributed by atoms with E-state index < -0.39 is 21.9 Å². The Balaban J connectivity index is 2.65. The summed E-state index contributed by atoms with van der Waals surface area (Å²) in [5.41, 5.74) is 0.200. The van der Waals surface area contributed by atoms with Crippen molar-refractivity contribution in [2.75, 3.05) is 10.0 Å². The van der Waals surface area contributed by atoms with Crippen molar-refractivity contribution in [1.29, 1.82) is 0 Å². The lowest BCUT2D eigenvalue weighted by molar-refractivity contribution is 0.0636. The first-order chi connectivity index (χ1) is 8.55. The predicted molar refractivity (Wildman–Crippen MR) is 73.0 cm³/mol. The molecule has 106 valence electrons. The number of carbonyl (C=O) groups excluding carboxylic acids is 1. The number of benzene rings is 1. The van der Waals surface area contributed by atoms with Crippen LogP contribution in [0.15, 0.2) is 24.3 Å². The number of hydrogen-bond acceptors (Lipinski definition) is 4. The summed E-state index contributed by atoms with van der Waals surface area (Å²) in [5.74, 6) is 0. The zero-order chi connectivity index (χ0) is 14.7. The maximum Gasteiger partial charge on any atom is 0.412 e. The van der Waals surface area contributed by atoms with Crippen LogP contribution in [-0.2, 0) is 14.9 Å². The summed E-state index contributed by atoms with van der Waals surface area (Å²) in [5, 5.41) is 7.35. The molecule has 0 heterocycles. The first-order valence-electron chi connectivity index (χ1n) is 5.46. The highest BCUT2D eigenvalue weighted by molar-refractivity contribution is 7.90. The van der Waals surface area contributed by atoms with E-state index in [1.54, 1.807) is 20.8 Å². The predicted octanol–water partition coefficient (Wildman–Crippen LogP) is 1.65. The Morgan fingerprint density at radius 3 is 2.05 bits per heavy atom. The van der Waals surface area contributed by atoms with Gasteiger partial charge >= 0.3 is 6.09 Å². The summed E-state index contributed by atoms with van der Waals surface area (Å²) in [6.07, 6.45) is -0.584. The van der Waals surface area contributed by atoms with Crippen molar-refractivity contribution in [3.8, 4) is 0 Å². The number of rotatable bonds is 3. The molecule has 1 aromatic carbocycles. The largest absolute Gasteiger partial charge is 0.444 e. The summed E-state index contributed by atoms with van der Waals surface area (Å²) in [6.45, 7) is 5.27. The van der Waals surface area contributed by atoms with Gasteiger partial charge in [-0.15, -0.1) is 0 Å². The summed E-state index contributed by atoms with van der Waals surface area (Å²) in [6, 6.07) is 5.99. The van der Waals surface area contributed by atoms with Crippen molar-refractivity contribution < 1.29 is 17.9 Å². The molecule has 1 amide bonds. The third-order valence-electron chi connectivity index (χ3n) is 1.79. The second kappa shape index (κ2) is 5.45. The zero-order valence-corrected chi connectivity index (χ0v) is 11.7. The van der Waals surface area contributed by atoms with Crippen LogP contribution < -0.4 is 15.2 Å². The van der Waals surface area contributed by atoms with Crippen molar-refractivity contribution in [2.24, 2.45) is 5.14 Å². The first kappa shape index (κ1) is 15.3. The van der Waals surface area contributed by atoms with Crippen molar-refractivity contribution in [3.63, 3.8) is 0 Å². The Kier molecular flexibility index (Phi) is 4.38. The van der Waals surface area contributed by atoms with Gasteiger partial charge in [0, 0.05) is 11.4 Å². The Morgan fingerprint density at radius 2 is 1.63 bits per heavy atom. The molecule has 0 radical (unpaired) electrons. The van der Waals surface area contributed by atoms with Gasteiger partial charge in [-0.05, 0) is 45.0 Å². The molecular weight excluding hydrogens is 270 g/mol. The molecule has 0 aliphatic rings. The van der Waals surface area contributed by atoms with Crippen LogP contribution in [-0.4, -0.2) is 20.1 Å². The van der Waals surface area contributed by atoms with Crippen molar-refractivity contribution in [2.45, 2.75) is 26.4 Å². The Bertz CT molecular complexity index is 546. The number of amides is 1. The van der Waals surface area contributed by atoms with E-state index in [0.717, 1.165) is 0 Å². The van der Waals surface area contributed by atoms with Gasteiger partial charge in [0.15, 0.2) is 0 Å². The summed E-state index contributed by atoms with van der Waals surface area (Å²) < 4.78 is 28.8. The number of carbonyl (C=O) groups is 1. The lowest BCUT2D eigenvalue weighted by Gasteiger charge is -2.19. The molecule has 7 nitrogen and oxygen atoms in total. The van der Waals surface area contributed by atoms with Gasteiger partial charge in [-0.3, -0.25) is 10.0 Å². The Morgan fingerprint density at radius 1 is 1.16 bits per heavy atom. The maximum atomic E-state index is 11.5. The van der Waals surface area contributed by atoms with E-state index in [1.165, 1.54) is 24.3 Å². The van der Waals surface area contributed by atoms with E-state index >= 15 is 0 Å². The highest BCUT2D eigenvalue weighted by Gasteiger charge is 2.16. The molecule has 0 saturated heterocycles. The van der Waals surface area contributed by atoms with E-state index in [9.17, 15) is 13.2 Å². The second-order valence-electron chi connectivity index (χ2n) is 4.85. The van der Waals surface area contributed by atoms with Gasteiger partial charge < -0.3 is 4.74 Å². The molecule has 0 bridgehead atoms. The van der Waals surface area contributed by atoms with Crippen molar-refractivity contribution >= 4 is 27.7 Å². The van der Waals surface area contributed by atoms with Crippen molar-refractivity contribution in [3.05, 3.63) is 24.3 Å². The molecule has 0 unspecified atom stereocenters. The number of ether oxygens (including phenoxy) is 1. The fourth-order valence-electron chi connectivity index (χ4n) is 1.21. The molecule has 0 spiro atoms. The molecule has 0 atom stereocenters. The summed E-state index contributed by atoms with van der Waals surface area (Å²) in [4.78, 5) is 11.5. The molecule has 0 aromatic heterocycles. The van der Waals surface area contributed by atoms with Gasteiger partial charge in [0.2, 0.25) is 0 Å². The first-order valence-corrected chi connectivity index (χ1v) is 7.00. The average molecular weight is 287 g/mol. The molecular formula is C11H17N3O4S. The maximum absolute atomic E-state index is 11.5. The lowest BCUT2D eigenvalue weighted by Crippen LogP contribution is -2.27. The lowest BCUT2D eigenvalue weighted by atomic mass is 10.2. The Labute approximate surface area is 112 Å². The van der Waals surface area contributed by atoms with Gasteiger partial charge in [-0.25, -0.2) is 9.93 Å². The molecule has 0 fully saturated rings. The van der Waals surface area contributed by atoms with E-state index in [4.69, 9.17) is 9.88 Å². The quantitative estimate of drug-likeness (QED) is 0.784. The minimum atomic E-state index is -3.80. The van der Waals surface area contributed by atoms with Gasteiger partial charge in [0.25, 0.3) is 10.2 Å². The number of nitrogens with two attached hydrogens (primary N) is 1. The third-order valence-corrected chi connectivity index (χ3v) is 2.31. The topological polar surface area (TPSA) is 111 Å². The highest BCUT2D eigenvalue weighted by atomic mass is 32.2. The van der Waals surface area contributed by atoms with E-state index in [-0.39, 0.29) is 0 Å². The summed E-state index contributed by atoms with van der Waals surface area (Å²) in [7, 11) is -3.80. The van der Waals surface area contributed by atoms with E-state index in [0.29, 0.717) is 11.4 Å². The van der Waals surface area contributed by atoms with Crippen molar-refractivity contribution in [1.82, 2.24) is 0 Å².